The van der Waals surface area contributed by atoms with Crippen LogP contribution in [0, 0.1) is 0 Å². The van der Waals surface area contributed by atoms with Crippen molar-refractivity contribution in [2.75, 3.05) is 11.6 Å². The molecule has 0 fully saturated rings. The van der Waals surface area contributed by atoms with Gasteiger partial charge in [0.1, 0.15) is 5.82 Å². The Hall–Kier alpha value is -1.94. The van der Waals surface area contributed by atoms with Crippen LogP contribution < -0.4 is 10.9 Å². The van der Waals surface area contributed by atoms with E-state index < -0.39 is 0 Å². The molecule has 18 heavy (non-hydrogen) atoms. The molecule has 0 aliphatic rings. The van der Waals surface area contributed by atoms with Crippen molar-refractivity contribution in [3.05, 3.63) is 42.4 Å². The Kier molecular flexibility index (Phi) is 3.89. The average molecular weight is 242 g/mol. The number of hydrogen-bond donors (Lipinski definition) is 1. The van der Waals surface area contributed by atoms with Gasteiger partial charge in [-0.25, -0.2) is 10.8 Å². The number of nitrogens with two attached hydrogens (primary N) is 1. The van der Waals surface area contributed by atoms with E-state index in [-0.39, 0.29) is 0 Å². The summed E-state index contributed by atoms with van der Waals surface area (Å²) >= 11 is 0. The Morgan fingerprint density at radius 3 is 2.61 bits per heavy atom. The van der Waals surface area contributed by atoms with Crippen molar-refractivity contribution < 1.29 is 0 Å². The summed E-state index contributed by atoms with van der Waals surface area (Å²) in [5.41, 5.74) is 3.52. The van der Waals surface area contributed by atoms with Crippen LogP contribution in [0.3, 0.4) is 0 Å². The summed E-state index contributed by atoms with van der Waals surface area (Å²) in [4.78, 5) is 8.53. The Balaban J connectivity index is 2.34. The molecule has 4 nitrogen and oxygen atoms in total. The molecule has 0 spiro atoms. The predicted octanol–water partition coefficient (Wildman–Crippen LogP) is 2.41. The topological polar surface area (TPSA) is 55.0 Å². The molecule has 0 radical (unpaired) electrons. The van der Waals surface area contributed by atoms with Crippen LogP contribution in [0.5, 0.6) is 0 Å². The van der Waals surface area contributed by atoms with Gasteiger partial charge in [0.05, 0.1) is 0 Å². The smallest absolute Gasteiger partial charge is 0.142 e. The molecule has 0 saturated carbocycles. The highest BCUT2D eigenvalue weighted by atomic mass is 15.4. The van der Waals surface area contributed by atoms with E-state index in [4.69, 9.17) is 5.84 Å². The Bertz CT molecular complexity index is 507. The van der Waals surface area contributed by atoms with Crippen molar-refractivity contribution in [1.82, 2.24) is 9.97 Å². The second-order valence-corrected chi connectivity index (χ2v) is 4.08. The molecule has 94 valence electrons. The second-order valence-electron chi connectivity index (χ2n) is 4.08. The molecular weight excluding hydrogens is 224 g/mol. The molecule has 0 aromatic carbocycles. The molecule has 2 heterocycles. The predicted molar refractivity (Wildman–Crippen MR) is 74.1 cm³/mol. The van der Waals surface area contributed by atoms with Gasteiger partial charge >= 0.3 is 0 Å². The molecule has 0 amide bonds. The maximum Gasteiger partial charge on any atom is 0.142 e. The van der Waals surface area contributed by atoms with Crippen LogP contribution in [0.2, 0.25) is 0 Å². The van der Waals surface area contributed by atoms with E-state index >= 15 is 0 Å². The van der Waals surface area contributed by atoms with Gasteiger partial charge in [0.25, 0.3) is 0 Å². The average Bonchev–Trinajstić information content (AvgIpc) is 2.46. The monoisotopic (exact) mass is 242 g/mol. The van der Waals surface area contributed by atoms with Gasteiger partial charge in [-0.1, -0.05) is 6.92 Å². The summed E-state index contributed by atoms with van der Waals surface area (Å²) in [5.74, 6) is 6.59. The highest BCUT2D eigenvalue weighted by Gasteiger charge is 2.05. The lowest BCUT2D eigenvalue weighted by Gasteiger charge is -2.15. The Morgan fingerprint density at radius 1 is 1.17 bits per heavy atom. The van der Waals surface area contributed by atoms with Crippen molar-refractivity contribution in [1.29, 1.82) is 0 Å². The lowest BCUT2D eigenvalue weighted by molar-refractivity contribution is 0.868. The Labute approximate surface area is 107 Å². The van der Waals surface area contributed by atoms with Crippen molar-refractivity contribution in [2.24, 2.45) is 5.84 Å². The van der Waals surface area contributed by atoms with Gasteiger partial charge in [-0.3, -0.25) is 9.99 Å². The van der Waals surface area contributed by atoms with Crippen molar-refractivity contribution >= 4 is 5.82 Å². The minimum Gasteiger partial charge on any atom is -0.295 e. The van der Waals surface area contributed by atoms with Gasteiger partial charge in [-0.2, -0.15) is 0 Å². The lowest BCUT2D eigenvalue weighted by atomic mass is 10.0. The van der Waals surface area contributed by atoms with Crippen molar-refractivity contribution in [3.8, 4) is 11.1 Å². The fourth-order valence-corrected chi connectivity index (χ4v) is 1.87. The number of aromatic nitrogens is 2. The summed E-state index contributed by atoms with van der Waals surface area (Å²) < 4.78 is 0. The van der Waals surface area contributed by atoms with Crippen LogP contribution in [-0.4, -0.2) is 16.5 Å². The summed E-state index contributed by atoms with van der Waals surface area (Å²) in [6, 6.07) is 6.01. The molecule has 0 atom stereocenters. The number of hydrogen-bond acceptors (Lipinski definition) is 4. The van der Waals surface area contributed by atoms with Gasteiger partial charge < -0.3 is 0 Å². The third-order valence-electron chi connectivity index (χ3n) is 2.98. The van der Waals surface area contributed by atoms with Gasteiger partial charge in [0, 0.05) is 30.7 Å². The second kappa shape index (κ2) is 5.60. The van der Waals surface area contributed by atoms with Gasteiger partial charge in [0.15, 0.2) is 0 Å². The first-order chi connectivity index (χ1) is 8.76. The van der Waals surface area contributed by atoms with Crippen LogP contribution in [0.15, 0.2) is 36.8 Å². The van der Waals surface area contributed by atoms with E-state index in [0.29, 0.717) is 0 Å². The van der Waals surface area contributed by atoms with Crippen LogP contribution in [0.4, 0.5) is 5.82 Å². The first-order valence-corrected chi connectivity index (χ1v) is 6.17. The zero-order chi connectivity index (χ0) is 13.0. The highest BCUT2D eigenvalue weighted by Crippen LogP contribution is 2.23. The fraction of sp³-hybridized carbons (Fsp3) is 0.286. The molecule has 2 N–H and O–H groups in total. The number of rotatable bonds is 4. The molecule has 0 bridgehead atoms. The fourth-order valence-electron chi connectivity index (χ4n) is 1.87. The molecule has 0 unspecified atom stereocenters. The Morgan fingerprint density at radius 2 is 2.00 bits per heavy atom. The minimum atomic E-state index is 0.738. The molecule has 4 heteroatoms. The molecule has 2 rings (SSSR count). The van der Waals surface area contributed by atoms with Crippen LogP contribution in [0.1, 0.15) is 19.4 Å². The summed E-state index contributed by atoms with van der Waals surface area (Å²) in [5, 5.41) is 1.62. The molecule has 2 aromatic rings. The van der Waals surface area contributed by atoms with Crippen molar-refractivity contribution in [3.63, 3.8) is 0 Å². The largest absolute Gasteiger partial charge is 0.295 e. The highest BCUT2D eigenvalue weighted by molar-refractivity contribution is 5.66. The maximum atomic E-state index is 5.80. The SMILES string of the molecule is CCc1cnccc1-c1ccc(N(N)CC)nc1. The molecule has 0 aliphatic carbocycles. The summed E-state index contributed by atoms with van der Waals surface area (Å²) in [6.07, 6.45) is 6.54. The number of anilines is 1. The molecule has 2 aromatic heterocycles. The summed E-state index contributed by atoms with van der Waals surface area (Å²) in [7, 11) is 0. The number of nitrogens with zero attached hydrogens (tertiary/aromatic N) is 3. The first-order valence-electron chi connectivity index (χ1n) is 6.17. The van der Waals surface area contributed by atoms with Crippen molar-refractivity contribution in [2.45, 2.75) is 20.3 Å². The minimum absolute atomic E-state index is 0.738. The first kappa shape index (κ1) is 12.5. The van der Waals surface area contributed by atoms with Crippen LogP contribution >= 0.6 is 0 Å². The maximum absolute atomic E-state index is 5.80. The van der Waals surface area contributed by atoms with E-state index in [9.17, 15) is 0 Å². The van der Waals surface area contributed by atoms with Gasteiger partial charge in [0.2, 0.25) is 0 Å². The van der Waals surface area contributed by atoms with Crippen LogP contribution in [0.25, 0.3) is 11.1 Å². The molecule has 0 saturated heterocycles. The lowest BCUT2D eigenvalue weighted by Crippen LogP contribution is -2.30. The van der Waals surface area contributed by atoms with E-state index in [1.807, 2.05) is 43.7 Å². The number of hydrazine groups is 1. The van der Waals surface area contributed by atoms with E-state index in [0.717, 1.165) is 24.3 Å². The van der Waals surface area contributed by atoms with Gasteiger partial charge in [-0.15, -0.1) is 0 Å². The third kappa shape index (κ3) is 2.49. The van der Waals surface area contributed by atoms with E-state index in [2.05, 4.69) is 16.9 Å². The van der Waals surface area contributed by atoms with Gasteiger partial charge in [-0.05, 0) is 42.7 Å². The molecular formula is C14H18N4. The van der Waals surface area contributed by atoms with Crippen LogP contribution in [-0.2, 0) is 6.42 Å². The standard InChI is InChI=1S/C14H18N4/c1-3-11-9-16-8-7-13(11)12-5-6-14(17-10-12)18(15)4-2/h5-10H,3-4,15H2,1-2H3. The molecule has 0 aliphatic heterocycles. The zero-order valence-corrected chi connectivity index (χ0v) is 10.8. The van der Waals surface area contributed by atoms with E-state index in [1.165, 1.54) is 11.1 Å². The summed E-state index contributed by atoms with van der Waals surface area (Å²) in [6.45, 7) is 4.86. The van der Waals surface area contributed by atoms with E-state index in [1.54, 1.807) is 5.01 Å². The third-order valence-corrected chi connectivity index (χ3v) is 2.98. The zero-order valence-electron chi connectivity index (χ0n) is 10.8. The number of aryl methyl sites for hydroxylation is 1. The quantitative estimate of drug-likeness (QED) is 0.660. The number of pyridine rings is 2. The normalized spacial score (nSPS) is 10.4.